The van der Waals surface area contributed by atoms with Crippen LogP contribution in [0.1, 0.15) is 45.4 Å². The fourth-order valence-corrected chi connectivity index (χ4v) is 2.82. The molecule has 3 nitrogen and oxygen atoms in total. The maximum Gasteiger partial charge on any atom is 0.0779 e. The van der Waals surface area contributed by atoms with E-state index in [2.05, 4.69) is 17.6 Å². The first-order chi connectivity index (χ1) is 7.79. The molecule has 0 aromatic heterocycles. The molecular formula is C13H26N2O. The molecule has 1 unspecified atom stereocenters. The van der Waals surface area contributed by atoms with Crippen molar-refractivity contribution in [3.8, 4) is 0 Å². The van der Waals surface area contributed by atoms with Crippen LogP contribution in [-0.2, 0) is 4.74 Å². The third-order valence-electron chi connectivity index (χ3n) is 3.89. The minimum atomic E-state index is 0.105. The minimum absolute atomic E-state index is 0.105. The molecule has 2 aliphatic rings. The predicted octanol–water partition coefficient (Wildman–Crippen LogP) is 1.68. The highest BCUT2D eigenvalue weighted by Crippen LogP contribution is 2.23. The predicted molar refractivity (Wildman–Crippen MR) is 66.7 cm³/mol. The first-order valence-corrected chi connectivity index (χ1v) is 6.87. The lowest BCUT2D eigenvalue weighted by Gasteiger charge is -2.23. The molecule has 0 amide bonds. The van der Waals surface area contributed by atoms with Gasteiger partial charge >= 0.3 is 0 Å². The van der Waals surface area contributed by atoms with Gasteiger partial charge in [0.25, 0.3) is 0 Å². The van der Waals surface area contributed by atoms with E-state index in [1.807, 2.05) is 0 Å². The summed E-state index contributed by atoms with van der Waals surface area (Å²) in [6.07, 6.45) is 8.00. The third-order valence-corrected chi connectivity index (χ3v) is 3.89. The van der Waals surface area contributed by atoms with Crippen LogP contribution in [0.4, 0.5) is 0 Å². The molecule has 1 saturated heterocycles. The zero-order valence-electron chi connectivity index (χ0n) is 10.6. The zero-order chi connectivity index (χ0) is 11.3. The molecule has 2 fully saturated rings. The zero-order valence-corrected chi connectivity index (χ0v) is 10.6. The number of ether oxygens (including phenoxy) is 1. The van der Waals surface area contributed by atoms with Gasteiger partial charge in [-0.05, 0) is 32.6 Å². The van der Waals surface area contributed by atoms with Gasteiger partial charge in [-0.15, -0.1) is 0 Å². The molecule has 1 heterocycles. The maximum absolute atomic E-state index is 5.74. The molecule has 2 N–H and O–H groups in total. The van der Waals surface area contributed by atoms with Crippen molar-refractivity contribution in [2.24, 2.45) is 0 Å². The molecule has 0 aromatic rings. The Kier molecular flexibility index (Phi) is 4.62. The SMILES string of the molecule is CC1(CNCCNC2CCCC2)CCCO1. The minimum Gasteiger partial charge on any atom is -0.374 e. The summed E-state index contributed by atoms with van der Waals surface area (Å²) in [4.78, 5) is 0. The molecule has 1 aliphatic carbocycles. The molecule has 16 heavy (non-hydrogen) atoms. The van der Waals surface area contributed by atoms with E-state index in [-0.39, 0.29) is 5.60 Å². The summed E-state index contributed by atoms with van der Waals surface area (Å²) < 4.78 is 5.74. The first kappa shape index (κ1) is 12.3. The van der Waals surface area contributed by atoms with Gasteiger partial charge in [0.05, 0.1) is 5.60 Å². The molecule has 0 aromatic carbocycles. The van der Waals surface area contributed by atoms with Crippen LogP contribution in [0, 0.1) is 0 Å². The normalized spacial score (nSPS) is 31.3. The van der Waals surface area contributed by atoms with E-state index < -0.39 is 0 Å². The quantitative estimate of drug-likeness (QED) is 0.676. The monoisotopic (exact) mass is 226 g/mol. The highest BCUT2D eigenvalue weighted by atomic mass is 16.5. The third kappa shape index (κ3) is 3.72. The second-order valence-corrected chi connectivity index (χ2v) is 5.51. The Morgan fingerprint density at radius 2 is 2.00 bits per heavy atom. The number of hydrogen-bond donors (Lipinski definition) is 2. The van der Waals surface area contributed by atoms with E-state index in [4.69, 9.17) is 4.74 Å². The van der Waals surface area contributed by atoms with Crippen molar-refractivity contribution in [2.75, 3.05) is 26.2 Å². The van der Waals surface area contributed by atoms with E-state index in [0.717, 1.165) is 32.3 Å². The van der Waals surface area contributed by atoms with Gasteiger partial charge < -0.3 is 15.4 Å². The largest absolute Gasteiger partial charge is 0.374 e. The van der Waals surface area contributed by atoms with Crippen molar-refractivity contribution in [3.05, 3.63) is 0 Å². The highest BCUT2D eigenvalue weighted by molar-refractivity contribution is 4.82. The van der Waals surface area contributed by atoms with Crippen molar-refractivity contribution >= 4 is 0 Å². The van der Waals surface area contributed by atoms with E-state index in [9.17, 15) is 0 Å². The van der Waals surface area contributed by atoms with Gasteiger partial charge in [0.15, 0.2) is 0 Å². The fraction of sp³-hybridized carbons (Fsp3) is 1.00. The molecule has 1 aliphatic heterocycles. The molecule has 2 rings (SSSR count). The molecule has 3 heteroatoms. The van der Waals surface area contributed by atoms with E-state index in [1.165, 1.54) is 38.5 Å². The summed E-state index contributed by atoms with van der Waals surface area (Å²) in [6, 6.07) is 0.792. The summed E-state index contributed by atoms with van der Waals surface area (Å²) in [7, 11) is 0. The summed E-state index contributed by atoms with van der Waals surface area (Å²) >= 11 is 0. The van der Waals surface area contributed by atoms with E-state index in [1.54, 1.807) is 0 Å². The summed E-state index contributed by atoms with van der Waals surface area (Å²) in [5.74, 6) is 0. The van der Waals surface area contributed by atoms with Crippen LogP contribution in [0.2, 0.25) is 0 Å². The van der Waals surface area contributed by atoms with Crippen LogP contribution in [0.3, 0.4) is 0 Å². The lowest BCUT2D eigenvalue weighted by Crippen LogP contribution is -2.41. The topological polar surface area (TPSA) is 33.3 Å². The smallest absolute Gasteiger partial charge is 0.0779 e. The van der Waals surface area contributed by atoms with Crippen molar-refractivity contribution in [1.29, 1.82) is 0 Å². The van der Waals surface area contributed by atoms with Crippen molar-refractivity contribution < 1.29 is 4.74 Å². The molecule has 0 bridgehead atoms. The molecule has 94 valence electrons. The molecule has 1 saturated carbocycles. The Morgan fingerprint density at radius 1 is 1.19 bits per heavy atom. The summed E-state index contributed by atoms with van der Waals surface area (Å²) in [5, 5.41) is 7.12. The fourth-order valence-electron chi connectivity index (χ4n) is 2.82. The lowest BCUT2D eigenvalue weighted by molar-refractivity contribution is 0.0211. The van der Waals surface area contributed by atoms with Gasteiger partial charge in [0.2, 0.25) is 0 Å². The van der Waals surface area contributed by atoms with Gasteiger partial charge in [0.1, 0.15) is 0 Å². The number of nitrogens with one attached hydrogen (secondary N) is 2. The Balaban J connectivity index is 1.48. The van der Waals surface area contributed by atoms with Gasteiger partial charge in [-0.3, -0.25) is 0 Å². The first-order valence-electron chi connectivity index (χ1n) is 6.87. The van der Waals surface area contributed by atoms with Crippen molar-refractivity contribution in [2.45, 2.75) is 57.1 Å². The van der Waals surface area contributed by atoms with Crippen LogP contribution < -0.4 is 10.6 Å². The number of rotatable bonds is 6. The second-order valence-electron chi connectivity index (χ2n) is 5.51. The van der Waals surface area contributed by atoms with Gasteiger partial charge in [0, 0.05) is 32.3 Å². The number of hydrogen-bond acceptors (Lipinski definition) is 3. The second kappa shape index (κ2) is 5.99. The average molecular weight is 226 g/mol. The van der Waals surface area contributed by atoms with Gasteiger partial charge in [-0.1, -0.05) is 12.8 Å². The molecule has 1 atom stereocenters. The summed E-state index contributed by atoms with van der Waals surface area (Å²) in [5.41, 5.74) is 0.105. The molecular weight excluding hydrogens is 200 g/mol. The Morgan fingerprint density at radius 3 is 2.69 bits per heavy atom. The molecule has 0 spiro atoms. The van der Waals surface area contributed by atoms with Gasteiger partial charge in [-0.2, -0.15) is 0 Å². The van der Waals surface area contributed by atoms with Crippen LogP contribution in [0.15, 0.2) is 0 Å². The standard InChI is InChI=1S/C13H26N2O/c1-13(7-4-10-16-13)11-14-8-9-15-12-5-2-3-6-12/h12,14-15H,2-11H2,1H3. The Bertz CT molecular complexity index is 196. The van der Waals surface area contributed by atoms with Gasteiger partial charge in [-0.25, -0.2) is 0 Å². The average Bonchev–Trinajstić information content (AvgIpc) is 2.89. The summed E-state index contributed by atoms with van der Waals surface area (Å²) in [6.45, 7) is 6.32. The van der Waals surface area contributed by atoms with Crippen LogP contribution in [-0.4, -0.2) is 37.9 Å². The lowest BCUT2D eigenvalue weighted by atomic mass is 10.0. The highest BCUT2D eigenvalue weighted by Gasteiger charge is 2.28. The Hall–Kier alpha value is -0.120. The Labute approximate surface area is 99.3 Å². The van der Waals surface area contributed by atoms with Crippen molar-refractivity contribution in [3.63, 3.8) is 0 Å². The van der Waals surface area contributed by atoms with E-state index in [0.29, 0.717) is 0 Å². The van der Waals surface area contributed by atoms with Crippen LogP contribution >= 0.6 is 0 Å². The molecule has 0 radical (unpaired) electrons. The van der Waals surface area contributed by atoms with Crippen LogP contribution in [0.25, 0.3) is 0 Å². The van der Waals surface area contributed by atoms with Crippen molar-refractivity contribution in [1.82, 2.24) is 10.6 Å². The maximum atomic E-state index is 5.74. The van der Waals surface area contributed by atoms with E-state index >= 15 is 0 Å². The van der Waals surface area contributed by atoms with Crippen LogP contribution in [0.5, 0.6) is 0 Å².